The van der Waals surface area contributed by atoms with Crippen LogP contribution >= 0.6 is 24.0 Å². The summed E-state index contributed by atoms with van der Waals surface area (Å²) in [7, 11) is 3.38. The van der Waals surface area contributed by atoms with Crippen LogP contribution in [-0.4, -0.2) is 40.5 Å². The van der Waals surface area contributed by atoms with E-state index in [1.807, 2.05) is 0 Å². The third-order valence-corrected chi connectivity index (χ3v) is 0.966. The smallest absolute Gasteiger partial charge is 0.0587 e. The van der Waals surface area contributed by atoms with Crippen LogP contribution in [0.15, 0.2) is 0 Å². The predicted molar refractivity (Wildman–Crippen MR) is 52.0 cm³/mol. The number of ether oxygens (including phenoxy) is 2. The maximum absolute atomic E-state index is 4.82. The molecule has 0 spiro atoms. The number of rotatable bonds is 6. The molecule has 0 rings (SSSR count). The Balaban J connectivity index is 0. The van der Waals surface area contributed by atoms with Gasteiger partial charge in [-0.15, -0.1) is 24.0 Å². The van der Waals surface area contributed by atoms with E-state index in [1.54, 1.807) is 14.2 Å². The monoisotopic (exact) mass is 261 g/mol. The zero-order valence-corrected chi connectivity index (χ0v) is 8.88. The van der Waals surface area contributed by atoms with Crippen LogP contribution in [0.4, 0.5) is 0 Å². The minimum Gasteiger partial charge on any atom is -0.383 e. The van der Waals surface area contributed by atoms with Crippen LogP contribution in [0.3, 0.4) is 0 Å². The van der Waals surface area contributed by atoms with Crippen molar-refractivity contribution in [1.82, 2.24) is 5.32 Å². The molecule has 0 amide bonds. The van der Waals surface area contributed by atoms with Crippen molar-refractivity contribution in [2.24, 2.45) is 0 Å². The number of hydrogen-bond acceptors (Lipinski definition) is 3. The molecule has 10 heavy (non-hydrogen) atoms. The molecule has 0 unspecified atom stereocenters. The van der Waals surface area contributed by atoms with Gasteiger partial charge >= 0.3 is 0 Å². The molecule has 0 aliphatic rings. The summed E-state index contributed by atoms with van der Waals surface area (Å²) in [6, 6.07) is 0. The summed E-state index contributed by atoms with van der Waals surface area (Å²) in [5.74, 6) is 0. The maximum atomic E-state index is 4.82. The van der Waals surface area contributed by atoms with E-state index in [0.29, 0.717) is 0 Å². The Kier molecular flexibility index (Phi) is 16.3. The van der Waals surface area contributed by atoms with Gasteiger partial charge in [0.15, 0.2) is 0 Å². The van der Waals surface area contributed by atoms with Gasteiger partial charge in [-0.1, -0.05) is 0 Å². The molecule has 0 fully saturated rings. The molecule has 64 valence electrons. The molecule has 0 radical (unpaired) electrons. The van der Waals surface area contributed by atoms with Gasteiger partial charge in [0.2, 0.25) is 0 Å². The van der Waals surface area contributed by atoms with Gasteiger partial charge < -0.3 is 14.8 Å². The van der Waals surface area contributed by atoms with Crippen molar-refractivity contribution >= 4 is 24.0 Å². The molecule has 0 aromatic carbocycles. The molecule has 0 bridgehead atoms. The van der Waals surface area contributed by atoms with Crippen molar-refractivity contribution in [3.05, 3.63) is 0 Å². The van der Waals surface area contributed by atoms with Gasteiger partial charge in [0.25, 0.3) is 0 Å². The molecule has 0 aliphatic heterocycles. The Morgan fingerprint density at radius 1 is 1.00 bits per heavy atom. The van der Waals surface area contributed by atoms with Crippen LogP contribution < -0.4 is 5.32 Å². The molecular formula is C6H16INO2. The highest BCUT2D eigenvalue weighted by molar-refractivity contribution is 14.0. The van der Waals surface area contributed by atoms with Gasteiger partial charge in [0.05, 0.1) is 13.2 Å². The third-order valence-electron chi connectivity index (χ3n) is 0.966. The van der Waals surface area contributed by atoms with Gasteiger partial charge in [0.1, 0.15) is 0 Å². The minimum absolute atomic E-state index is 0. The molecule has 0 saturated heterocycles. The first-order valence-electron chi connectivity index (χ1n) is 3.10. The molecule has 0 atom stereocenters. The Morgan fingerprint density at radius 2 is 1.40 bits per heavy atom. The highest BCUT2D eigenvalue weighted by atomic mass is 127. The maximum Gasteiger partial charge on any atom is 0.0587 e. The second-order valence-corrected chi connectivity index (χ2v) is 1.74. The van der Waals surface area contributed by atoms with E-state index < -0.39 is 0 Å². The molecule has 0 aromatic heterocycles. The van der Waals surface area contributed by atoms with Crippen LogP contribution in [0.1, 0.15) is 0 Å². The van der Waals surface area contributed by atoms with Crippen LogP contribution in [0, 0.1) is 0 Å². The van der Waals surface area contributed by atoms with Crippen molar-refractivity contribution in [3.8, 4) is 0 Å². The second kappa shape index (κ2) is 12.3. The Hall–Kier alpha value is 0.610. The Labute approximate surface area is 79.5 Å². The summed E-state index contributed by atoms with van der Waals surface area (Å²) in [6.07, 6.45) is 0. The van der Waals surface area contributed by atoms with Crippen molar-refractivity contribution in [2.75, 3.05) is 40.5 Å². The lowest BCUT2D eigenvalue weighted by Gasteiger charge is -2.01. The van der Waals surface area contributed by atoms with Crippen molar-refractivity contribution < 1.29 is 9.47 Å². The summed E-state index contributed by atoms with van der Waals surface area (Å²) in [6.45, 7) is 3.34. The zero-order chi connectivity index (χ0) is 6.95. The highest BCUT2D eigenvalue weighted by Crippen LogP contribution is 1.65. The van der Waals surface area contributed by atoms with Gasteiger partial charge in [0, 0.05) is 27.3 Å². The van der Waals surface area contributed by atoms with Crippen molar-refractivity contribution in [1.29, 1.82) is 0 Å². The topological polar surface area (TPSA) is 30.5 Å². The van der Waals surface area contributed by atoms with Gasteiger partial charge in [-0.3, -0.25) is 0 Å². The lowest BCUT2D eigenvalue weighted by Crippen LogP contribution is -2.23. The van der Waals surface area contributed by atoms with E-state index in [4.69, 9.17) is 9.47 Å². The quantitative estimate of drug-likeness (QED) is 0.557. The lowest BCUT2D eigenvalue weighted by atomic mass is 10.6. The van der Waals surface area contributed by atoms with Crippen LogP contribution in [0.2, 0.25) is 0 Å². The van der Waals surface area contributed by atoms with E-state index in [-0.39, 0.29) is 24.0 Å². The summed E-state index contributed by atoms with van der Waals surface area (Å²) in [5.41, 5.74) is 0. The Morgan fingerprint density at radius 3 is 1.70 bits per heavy atom. The molecular weight excluding hydrogens is 245 g/mol. The third kappa shape index (κ3) is 11.4. The first-order chi connectivity index (χ1) is 4.41. The van der Waals surface area contributed by atoms with Crippen LogP contribution in [0.5, 0.6) is 0 Å². The van der Waals surface area contributed by atoms with Crippen molar-refractivity contribution in [2.45, 2.75) is 0 Å². The minimum atomic E-state index is 0. The zero-order valence-electron chi connectivity index (χ0n) is 6.55. The summed E-state index contributed by atoms with van der Waals surface area (Å²) in [5, 5.41) is 3.14. The fourth-order valence-electron chi connectivity index (χ4n) is 0.473. The van der Waals surface area contributed by atoms with E-state index in [0.717, 1.165) is 26.3 Å². The van der Waals surface area contributed by atoms with Crippen molar-refractivity contribution in [3.63, 3.8) is 0 Å². The van der Waals surface area contributed by atoms with Crippen LogP contribution in [-0.2, 0) is 9.47 Å². The van der Waals surface area contributed by atoms with E-state index in [2.05, 4.69) is 5.32 Å². The van der Waals surface area contributed by atoms with Gasteiger partial charge in [-0.2, -0.15) is 0 Å². The molecule has 0 heterocycles. The van der Waals surface area contributed by atoms with E-state index in [1.165, 1.54) is 0 Å². The molecule has 3 nitrogen and oxygen atoms in total. The van der Waals surface area contributed by atoms with Crippen LogP contribution in [0.25, 0.3) is 0 Å². The first kappa shape index (κ1) is 13.2. The molecule has 0 saturated carbocycles. The Bertz CT molecular complexity index is 49.0. The molecule has 0 aliphatic carbocycles. The molecule has 0 aromatic rings. The molecule has 4 heteroatoms. The standard InChI is InChI=1S/C6H15NO2.HI/c1-8-5-3-7-4-6-9-2;/h7H,3-6H2,1-2H3;1H. The van der Waals surface area contributed by atoms with Gasteiger partial charge in [-0.25, -0.2) is 0 Å². The average molecular weight is 261 g/mol. The fraction of sp³-hybridized carbons (Fsp3) is 1.00. The first-order valence-corrected chi connectivity index (χ1v) is 3.10. The highest BCUT2D eigenvalue weighted by Gasteiger charge is 1.83. The SMILES string of the molecule is COCCNCCOC.I. The largest absolute Gasteiger partial charge is 0.383 e. The predicted octanol–water partition coefficient (Wildman–Crippen LogP) is 0.487. The summed E-state index contributed by atoms with van der Waals surface area (Å²) >= 11 is 0. The number of nitrogens with one attached hydrogen (secondary N) is 1. The summed E-state index contributed by atoms with van der Waals surface area (Å²) in [4.78, 5) is 0. The normalized spacial score (nSPS) is 9.00. The number of halogens is 1. The fourth-order valence-corrected chi connectivity index (χ4v) is 0.473. The summed E-state index contributed by atoms with van der Waals surface area (Å²) < 4.78 is 9.64. The second-order valence-electron chi connectivity index (χ2n) is 1.74. The number of hydrogen-bond donors (Lipinski definition) is 1. The number of methoxy groups -OCH3 is 2. The average Bonchev–Trinajstić information content (AvgIpc) is 1.89. The van der Waals surface area contributed by atoms with E-state index in [9.17, 15) is 0 Å². The molecule has 1 N–H and O–H groups in total. The lowest BCUT2D eigenvalue weighted by molar-refractivity contribution is 0.180. The van der Waals surface area contributed by atoms with E-state index >= 15 is 0 Å². The van der Waals surface area contributed by atoms with Gasteiger partial charge in [-0.05, 0) is 0 Å².